The molecule has 0 heterocycles. The molecule has 0 aliphatic carbocycles. The topological polar surface area (TPSA) is 46.5 Å². The Labute approximate surface area is 185 Å². The van der Waals surface area contributed by atoms with Gasteiger partial charge in [-0.05, 0) is 54.2 Å². The lowest BCUT2D eigenvalue weighted by molar-refractivity contribution is -0.151. The van der Waals surface area contributed by atoms with Crippen molar-refractivity contribution in [3.05, 3.63) is 28.8 Å². The minimum Gasteiger partial charge on any atom is -0.507 e. The van der Waals surface area contributed by atoms with E-state index in [2.05, 4.69) is 41.5 Å². The van der Waals surface area contributed by atoms with Crippen LogP contribution in [-0.4, -0.2) is 17.2 Å². The number of hydrogen-bond donors (Lipinski definition) is 1. The molecule has 1 rings (SSSR count). The van der Waals surface area contributed by atoms with Crippen LogP contribution in [0.5, 0.6) is 5.75 Å². The Morgan fingerprint density at radius 3 is 2.20 bits per heavy atom. The fourth-order valence-electron chi connectivity index (χ4n) is 3.88. The van der Waals surface area contributed by atoms with Gasteiger partial charge in [0.25, 0.3) is 0 Å². The SMILES string of the molecule is CCCCCCCCCC(OC(=O)CCc1cc(C)c(O)c(C(C)(C)C)c1)C(C)C. The second-order valence-corrected chi connectivity index (χ2v) is 10.2. The van der Waals surface area contributed by atoms with E-state index in [0.29, 0.717) is 24.5 Å². The van der Waals surface area contributed by atoms with Crippen molar-refractivity contribution in [3.8, 4) is 5.75 Å². The van der Waals surface area contributed by atoms with Gasteiger partial charge in [0, 0.05) is 6.42 Å². The summed E-state index contributed by atoms with van der Waals surface area (Å²) in [6.45, 7) is 14.7. The fourth-order valence-corrected chi connectivity index (χ4v) is 3.88. The third-order valence-electron chi connectivity index (χ3n) is 5.90. The maximum Gasteiger partial charge on any atom is 0.306 e. The average molecular weight is 419 g/mol. The predicted octanol–water partition coefficient (Wildman–Crippen LogP) is 7.64. The number of carbonyl (C=O) groups is 1. The van der Waals surface area contributed by atoms with Gasteiger partial charge in [-0.25, -0.2) is 0 Å². The first kappa shape index (κ1) is 26.5. The van der Waals surface area contributed by atoms with Crippen molar-refractivity contribution < 1.29 is 14.6 Å². The Balaban J connectivity index is 2.52. The monoisotopic (exact) mass is 418 g/mol. The fraction of sp³-hybridized carbons (Fsp3) is 0.741. The number of phenols is 1. The normalized spacial score (nSPS) is 12.9. The second kappa shape index (κ2) is 13.0. The zero-order valence-electron chi connectivity index (χ0n) is 20.6. The molecule has 0 aromatic heterocycles. The molecule has 1 aromatic rings. The molecule has 0 aliphatic heterocycles. The molecule has 0 amide bonds. The van der Waals surface area contributed by atoms with E-state index < -0.39 is 0 Å². The third kappa shape index (κ3) is 9.53. The van der Waals surface area contributed by atoms with Crippen LogP contribution in [0.1, 0.15) is 116 Å². The average Bonchev–Trinajstić information content (AvgIpc) is 2.66. The van der Waals surface area contributed by atoms with Gasteiger partial charge < -0.3 is 9.84 Å². The summed E-state index contributed by atoms with van der Waals surface area (Å²) < 4.78 is 5.84. The minimum absolute atomic E-state index is 0.0137. The van der Waals surface area contributed by atoms with Crippen LogP contribution < -0.4 is 0 Å². The molecule has 1 unspecified atom stereocenters. The lowest BCUT2D eigenvalue weighted by Gasteiger charge is -2.23. The molecule has 1 N–H and O–H groups in total. The van der Waals surface area contributed by atoms with Crippen molar-refractivity contribution in [2.24, 2.45) is 5.92 Å². The number of hydrogen-bond acceptors (Lipinski definition) is 3. The Hall–Kier alpha value is -1.51. The van der Waals surface area contributed by atoms with Gasteiger partial charge in [-0.2, -0.15) is 0 Å². The maximum atomic E-state index is 12.5. The summed E-state index contributed by atoms with van der Waals surface area (Å²) in [5.74, 6) is 0.598. The Kier molecular flexibility index (Phi) is 11.5. The van der Waals surface area contributed by atoms with Gasteiger partial charge in [-0.1, -0.05) is 92.2 Å². The van der Waals surface area contributed by atoms with E-state index in [0.717, 1.165) is 29.5 Å². The van der Waals surface area contributed by atoms with Crippen LogP contribution in [0.2, 0.25) is 0 Å². The number of esters is 1. The van der Waals surface area contributed by atoms with Crippen LogP contribution in [-0.2, 0) is 21.4 Å². The smallest absolute Gasteiger partial charge is 0.306 e. The minimum atomic E-state index is -0.134. The van der Waals surface area contributed by atoms with Crippen LogP contribution in [0.15, 0.2) is 12.1 Å². The molecule has 0 radical (unpaired) electrons. The second-order valence-electron chi connectivity index (χ2n) is 10.2. The van der Waals surface area contributed by atoms with Crippen molar-refractivity contribution in [2.45, 2.75) is 124 Å². The molecule has 0 fully saturated rings. The van der Waals surface area contributed by atoms with Gasteiger partial charge in [0.15, 0.2) is 0 Å². The molecular weight excluding hydrogens is 372 g/mol. The van der Waals surface area contributed by atoms with Gasteiger partial charge in [0.05, 0.1) is 0 Å². The summed E-state index contributed by atoms with van der Waals surface area (Å²) in [5.41, 5.74) is 2.75. The van der Waals surface area contributed by atoms with Gasteiger partial charge >= 0.3 is 5.97 Å². The Bertz CT molecular complexity index is 640. The number of phenolic OH excluding ortho intramolecular Hbond substituents is 1. The highest BCUT2D eigenvalue weighted by atomic mass is 16.5. The largest absolute Gasteiger partial charge is 0.507 e. The molecular formula is C27H46O3. The number of ether oxygens (including phenoxy) is 1. The zero-order chi connectivity index (χ0) is 22.7. The van der Waals surface area contributed by atoms with Crippen molar-refractivity contribution in [1.82, 2.24) is 0 Å². The maximum absolute atomic E-state index is 12.5. The summed E-state index contributed by atoms with van der Waals surface area (Å²) in [6, 6.07) is 4.02. The van der Waals surface area contributed by atoms with Gasteiger partial charge in [-0.15, -0.1) is 0 Å². The van der Waals surface area contributed by atoms with E-state index >= 15 is 0 Å². The van der Waals surface area contributed by atoms with Crippen LogP contribution >= 0.6 is 0 Å². The van der Waals surface area contributed by atoms with Crippen LogP contribution in [0.3, 0.4) is 0 Å². The van der Waals surface area contributed by atoms with Gasteiger partial charge in [0.1, 0.15) is 11.9 Å². The summed E-state index contributed by atoms with van der Waals surface area (Å²) in [5, 5.41) is 10.4. The number of benzene rings is 1. The quantitative estimate of drug-likeness (QED) is 0.264. The Morgan fingerprint density at radius 2 is 1.63 bits per heavy atom. The van der Waals surface area contributed by atoms with E-state index in [4.69, 9.17) is 4.74 Å². The lowest BCUT2D eigenvalue weighted by Crippen LogP contribution is -2.24. The first-order valence-corrected chi connectivity index (χ1v) is 12.1. The summed E-state index contributed by atoms with van der Waals surface area (Å²) in [7, 11) is 0. The van der Waals surface area contributed by atoms with Crippen molar-refractivity contribution in [3.63, 3.8) is 0 Å². The molecule has 3 heteroatoms. The highest BCUT2D eigenvalue weighted by molar-refractivity contribution is 5.70. The molecule has 0 bridgehead atoms. The molecule has 1 aromatic carbocycles. The highest BCUT2D eigenvalue weighted by Gasteiger charge is 2.21. The standard InChI is InChI=1S/C27H46O3/c1-8-9-10-11-12-13-14-15-24(20(2)3)30-25(28)17-16-22-18-21(4)26(29)23(19-22)27(5,6)7/h18-20,24,29H,8-17H2,1-7H3. The Morgan fingerprint density at radius 1 is 1.03 bits per heavy atom. The predicted molar refractivity (Wildman–Crippen MR) is 127 cm³/mol. The van der Waals surface area contributed by atoms with Crippen LogP contribution in [0.4, 0.5) is 0 Å². The van der Waals surface area contributed by atoms with Gasteiger partial charge in [0.2, 0.25) is 0 Å². The van der Waals surface area contributed by atoms with Crippen LogP contribution in [0, 0.1) is 12.8 Å². The molecule has 0 saturated heterocycles. The van der Waals surface area contributed by atoms with E-state index in [1.165, 1.54) is 38.5 Å². The van der Waals surface area contributed by atoms with Gasteiger partial charge in [-0.3, -0.25) is 4.79 Å². The summed E-state index contributed by atoms with van der Waals surface area (Å²) in [4.78, 5) is 12.5. The lowest BCUT2D eigenvalue weighted by atomic mass is 9.83. The van der Waals surface area contributed by atoms with Crippen molar-refractivity contribution >= 4 is 5.97 Å². The van der Waals surface area contributed by atoms with E-state index in [-0.39, 0.29) is 17.5 Å². The van der Waals surface area contributed by atoms with E-state index in [9.17, 15) is 9.90 Å². The van der Waals surface area contributed by atoms with Crippen LogP contribution in [0.25, 0.3) is 0 Å². The number of aryl methyl sites for hydroxylation is 2. The molecule has 0 saturated carbocycles. The number of carbonyl (C=O) groups excluding carboxylic acids is 1. The van der Waals surface area contributed by atoms with Crippen molar-refractivity contribution in [2.75, 3.05) is 0 Å². The zero-order valence-corrected chi connectivity index (χ0v) is 20.6. The molecule has 0 aliphatic rings. The molecule has 1 atom stereocenters. The number of aromatic hydroxyl groups is 1. The number of rotatable bonds is 13. The highest BCUT2D eigenvalue weighted by Crippen LogP contribution is 2.34. The third-order valence-corrected chi connectivity index (χ3v) is 5.90. The molecule has 0 spiro atoms. The molecule has 30 heavy (non-hydrogen) atoms. The van der Waals surface area contributed by atoms with Crippen molar-refractivity contribution in [1.29, 1.82) is 0 Å². The summed E-state index contributed by atoms with van der Waals surface area (Å²) >= 11 is 0. The molecule has 3 nitrogen and oxygen atoms in total. The molecule has 172 valence electrons. The van der Waals surface area contributed by atoms with E-state index in [1.807, 2.05) is 19.1 Å². The number of unbranched alkanes of at least 4 members (excludes halogenated alkanes) is 6. The van der Waals surface area contributed by atoms with E-state index in [1.54, 1.807) is 0 Å². The first-order chi connectivity index (χ1) is 14.1. The first-order valence-electron chi connectivity index (χ1n) is 12.1. The summed E-state index contributed by atoms with van der Waals surface area (Å²) in [6.07, 6.45) is 10.9.